The molecule has 3 heterocycles. The van der Waals surface area contributed by atoms with Crippen LogP contribution in [-0.4, -0.2) is 32.7 Å². The Balaban J connectivity index is 1.75. The summed E-state index contributed by atoms with van der Waals surface area (Å²) in [7, 11) is 1.82. The highest BCUT2D eigenvalue weighted by molar-refractivity contribution is 7.17. The fourth-order valence-electron chi connectivity index (χ4n) is 4.11. The fourth-order valence-corrected chi connectivity index (χ4v) is 5.39. The molecule has 0 fully saturated rings. The average molecular weight is 441 g/mol. The lowest BCUT2D eigenvalue weighted by molar-refractivity contribution is 0.0335. The molecular weight excluding hydrogens is 412 g/mol. The SMILES string of the molecule is CC[C@@H](C)OC(=O)c1c(NC(=O)c2cc(C)nc3c2c(C)nn3C)sc2c1CCCC2. The van der Waals surface area contributed by atoms with Crippen LogP contribution in [0.4, 0.5) is 5.00 Å². The molecule has 1 N–H and O–H groups in total. The number of nitrogens with zero attached hydrogens (tertiary/aromatic N) is 3. The Labute approximate surface area is 185 Å². The van der Waals surface area contributed by atoms with Gasteiger partial charge in [-0.2, -0.15) is 5.10 Å². The standard InChI is InChI=1S/C23H28N4O3S/c1-6-13(3)30-23(29)19-15-9-7-8-10-17(15)31-22(19)25-21(28)16-11-12(2)24-20-18(16)14(4)26-27(20)5/h11,13H,6-10H2,1-5H3,(H,25,28)/t13-/m1/s1. The highest BCUT2D eigenvalue weighted by Gasteiger charge is 2.29. The van der Waals surface area contributed by atoms with E-state index in [9.17, 15) is 9.59 Å². The van der Waals surface area contributed by atoms with Gasteiger partial charge in [-0.05, 0) is 64.5 Å². The van der Waals surface area contributed by atoms with E-state index in [4.69, 9.17) is 4.74 Å². The van der Waals surface area contributed by atoms with Gasteiger partial charge in [-0.1, -0.05) is 6.92 Å². The van der Waals surface area contributed by atoms with Crippen LogP contribution in [0.5, 0.6) is 0 Å². The number of esters is 1. The van der Waals surface area contributed by atoms with Crippen molar-refractivity contribution < 1.29 is 14.3 Å². The number of carbonyl (C=O) groups excluding carboxylic acids is 2. The maximum absolute atomic E-state index is 13.4. The normalized spacial score (nSPS) is 14.4. The fraction of sp³-hybridized carbons (Fsp3) is 0.478. The number of pyridine rings is 1. The van der Waals surface area contributed by atoms with E-state index in [1.165, 1.54) is 16.2 Å². The number of ether oxygens (including phenoxy) is 1. The van der Waals surface area contributed by atoms with Gasteiger partial charge in [-0.25, -0.2) is 9.78 Å². The predicted molar refractivity (Wildman–Crippen MR) is 122 cm³/mol. The smallest absolute Gasteiger partial charge is 0.341 e. The number of amides is 1. The van der Waals surface area contributed by atoms with E-state index in [0.29, 0.717) is 21.8 Å². The molecule has 0 radical (unpaired) electrons. The van der Waals surface area contributed by atoms with Crippen molar-refractivity contribution in [3.63, 3.8) is 0 Å². The Morgan fingerprint density at radius 2 is 2.03 bits per heavy atom. The summed E-state index contributed by atoms with van der Waals surface area (Å²) in [5, 5.41) is 8.76. The van der Waals surface area contributed by atoms with Crippen molar-refractivity contribution in [1.29, 1.82) is 0 Å². The van der Waals surface area contributed by atoms with E-state index in [1.807, 2.05) is 34.7 Å². The van der Waals surface area contributed by atoms with Crippen molar-refractivity contribution in [1.82, 2.24) is 14.8 Å². The molecule has 4 rings (SSSR count). The third kappa shape index (κ3) is 3.96. The maximum Gasteiger partial charge on any atom is 0.341 e. The van der Waals surface area contributed by atoms with Crippen LogP contribution in [0.15, 0.2) is 6.07 Å². The van der Waals surface area contributed by atoms with Crippen LogP contribution in [0.2, 0.25) is 0 Å². The van der Waals surface area contributed by atoms with E-state index in [0.717, 1.165) is 54.4 Å². The van der Waals surface area contributed by atoms with Gasteiger partial charge in [-0.3, -0.25) is 9.48 Å². The number of thiophene rings is 1. The summed E-state index contributed by atoms with van der Waals surface area (Å²) in [4.78, 5) is 32.1. The quantitative estimate of drug-likeness (QED) is 0.580. The molecule has 0 saturated heterocycles. The van der Waals surface area contributed by atoms with Crippen LogP contribution < -0.4 is 5.32 Å². The van der Waals surface area contributed by atoms with Crippen molar-refractivity contribution >= 4 is 39.2 Å². The minimum Gasteiger partial charge on any atom is -0.459 e. The highest BCUT2D eigenvalue weighted by atomic mass is 32.1. The lowest BCUT2D eigenvalue weighted by Gasteiger charge is -2.15. The zero-order valence-corrected chi connectivity index (χ0v) is 19.5. The lowest BCUT2D eigenvalue weighted by Crippen LogP contribution is -2.19. The van der Waals surface area contributed by atoms with Crippen LogP contribution in [0.3, 0.4) is 0 Å². The first-order valence-corrected chi connectivity index (χ1v) is 11.6. The molecule has 1 aliphatic carbocycles. The lowest BCUT2D eigenvalue weighted by atomic mass is 9.95. The van der Waals surface area contributed by atoms with Gasteiger partial charge in [0.05, 0.1) is 28.3 Å². The summed E-state index contributed by atoms with van der Waals surface area (Å²) >= 11 is 1.50. The average Bonchev–Trinajstić information content (AvgIpc) is 3.23. The van der Waals surface area contributed by atoms with E-state index in [1.54, 1.807) is 10.7 Å². The Hall–Kier alpha value is -2.74. The molecular formula is C23H28N4O3S. The number of anilines is 1. The molecule has 1 amide bonds. The first kappa shape index (κ1) is 21.5. The summed E-state index contributed by atoms with van der Waals surface area (Å²) in [6, 6.07) is 1.77. The Bertz CT molecular complexity index is 1180. The number of hydrogen-bond donors (Lipinski definition) is 1. The Morgan fingerprint density at radius 3 is 2.77 bits per heavy atom. The van der Waals surface area contributed by atoms with Gasteiger partial charge in [0.1, 0.15) is 5.00 Å². The second-order valence-corrected chi connectivity index (χ2v) is 9.32. The van der Waals surface area contributed by atoms with Crippen molar-refractivity contribution in [2.45, 2.75) is 65.9 Å². The Kier molecular flexibility index (Phi) is 5.83. The summed E-state index contributed by atoms with van der Waals surface area (Å²) in [6.45, 7) is 7.60. The van der Waals surface area contributed by atoms with Gasteiger partial charge < -0.3 is 10.1 Å². The van der Waals surface area contributed by atoms with E-state index >= 15 is 0 Å². The van der Waals surface area contributed by atoms with Gasteiger partial charge >= 0.3 is 5.97 Å². The van der Waals surface area contributed by atoms with Gasteiger partial charge in [0.15, 0.2) is 5.65 Å². The zero-order chi connectivity index (χ0) is 22.3. The molecule has 0 bridgehead atoms. The minimum atomic E-state index is -0.349. The third-order valence-corrected chi connectivity index (χ3v) is 7.03. The third-order valence-electron chi connectivity index (χ3n) is 5.83. The molecule has 1 aliphatic rings. The molecule has 0 aromatic carbocycles. The number of aromatic nitrogens is 3. The van der Waals surface area contributed by atoms with Crippen molar-refractivity contribution in [2.75, 3.05) is 5.32 Å². The largest absolute Gasteiger partial charge is 0.459 e. The molecule has 3 aromatic heterocycles. The molecule has 0 spiro atoms. The molecule has 3 aromatic rings. The summed E-state index contributed by atoms with van der Waals surface area (Å²) in [6.07, 6.45) is 4.48. The summed E-state index contributed by atoms with van der Waals surface area (Å²) < 4.78 is 7.33. The number of aryl methyl sites for hydroxylation is 4. The van der Waals surface area contributed by atoms with Gasteiger partial charge in [0.2, 0.25) is 0 Å². The predicted octanol–water partition coefficient (Wildman–Crippen LogP) is 4.73. The van der Waals surface area contributed by atoms with Crippen molar-refractivity contribution in [3.8, 4) is 0 Å². The van der Waals surface area contributed by atoms with E-state index in [2.05, 4.69) is 15.4 Å². The van der Waals surface area contributed by atoms with Crippen molar-refractivity contribution in [3.05, 3.63) is 39.0 Å². The van der Waals surface area contributed by atoms with E-state index < -0.39 is 0 Å². The Morgan fingerprint density at radius 1 is 1.29 bits per heavy atom. The molecule has 0 unspecified atom stereocenters. The molecule has 1 atom stereocenters. The number of fused-ring (bicyclic) bond motifs is 2. The molecule has 8 heteroatoms. The molecule has 0 aliphatic heterocycles. The van der Waals surface area contributed by atoms with Gasteiger partial charge in [0.25, 0.3) is 5.91 Å². The molecule has 164 valence electrons. The summed E-state index contributed by atoms with van der Waals surface area (Å²) in [5.74, 6) is -0.611. The number of rotatable bonds is 5. The second kappa shape index (κ2) is 8.42. The van der Waals surface area contributed by atoms with Gasteiger partial charge in [-0.15, -0.1) is 11.3 Å². The number of hydrogen-bond acceptors (Lipinski definition) is 6. The van der Waals surface area contributed by atoms with Crippen LogP contribution in [0, 0.1) is 13.8 Å². The van der Waals surface area contributed by atoms with Crippen LogP contribution >= 0.6 is 11.3 Å². The first-order chi connectivity index (χ1) is 14.8. The highest BCUT2D eigenvalue weighted by Crippen LogP contribution is 2.39. The van der Waals surface area contributed by atoms with Crippen LogP contribution in [0.1, 0.15) is 75.7 Å². The number of nitrogens with one attached hydrogen (secondary N) is 1. The zero-order valence-electron chi connectivity index (χ0n) is 18.7. The first-order valence-electron chi connectivity index (χ1n) is 10.8. The molecule has 7 nitrogen and oxygen atoms in total. The van der Waals surface area contributed by atoms with Crippen LogP contribution in [-0.2, 0) is 24.6 Å². The molecule has 31 heavy (non-hydrogen) atoms. The monoisotopic (exact) mass is 440 g/mol. The van der Waals surface area contributed by atoms with E-state index in [-0.39, 0.29) is 18.0 Å². The van der Waals surface area contributed by atoms with Crippen molar-refractivity contribution in [2.24, 2.45) is 7.05 Å². The minimum absolute atomic E-state index is 0.171. The summed E-state index contributed by atoms with van der Waals surface area (Å²) in [5.41, 5.74) is 4.23. The number of carbonyl (C=O) groups is 2. The topological polar surface area (TPSA) is 86.1 Å². The van der Waals surface area contributed by atoms with Gasteiger partial charge in [0, 0.05) is 17.6 Å². The second-order valence-electron chi connectivity index (χ2n) is 8.21. The molecule has 0 saturated carbocycles. The van der Waals surface area contributed by atoms with Crippen LogP contribution in [0.25, 0.3) is 11.0 Å². The maximum atomic E-state index is 13.4.